The normalized spacial score (nSPS) is 11.1. The van der Waals surface area contributed by atoms with Crippen molar-refractivity contribution in [2.24, 2.45) is 0 Å². The molecule has 25 heavy (non-hydrogen) atoms. The average molecular weight is 354 g/mol. The molecule has 0 saturated carbocycles. The molecule has 0 aliphatic heterocycles. The van der Waals surface area contributed by atoms with Gasteiger partial charge in [0.25, 0.3) is 0 Å². The van der Waals surface area contributed by atoms with Gasteiger partial charge in [-0.05, 0) is 17.7 Å². The van der Waals surface area contributed by atoms with Crippen molar-refractivity contribution >= 4 is 34.1 Å². The lowest BCUT2D eigenvalue weighted by atomic mass is 10.0. The summed E-state index contributed by atoms with van der Waals surface area (Å²) >= 11 is 5.91. The van der Waals surface area contributed by atoms with Gasteiger partial charge >= 0.3 is 0 Å². The number of benzene rings is 2. The van der Waals surface area contributed by atoms with Gasteiger partial charge in [0.1, 0.15) is 17.2 Å². The molecule has 4 rings (SSSR count). The molecule has 124 valence electrons. The number of hydrogen-bond acceptors (Lipinski definition) is 4. The van der Waals surface area contributed by atoms with Gasteiger partial charge in [-0.3, -0.25) is 4.98 Å². The second-order valence-corrected chi connectivity index (χ2v) is 6.01. The minimum absolute atomic E-state index is 0.0211. The van der Waals surface area contributed by atoms with Gasteiger partial charge in [-0.1, -0.05) is 48.0 Å². The van der Waals surface area contributed by atoms with E-state index in [0.717, 1.165) is 5.56 Å². The van der Waals surface area contributed by atoms with E-state index in [1.807, 2.05) is 30.3 Å². The molecule has 2 aromatic carbocycles. The van der Waals surface area contributed by atoms with Crippen molar-refractivity contribution in [3.63, 3.8) is 0 Å². The number of nitrogen functional groups attached to an aromatic ring is 2. The first-order chi connectivity index (χ1) is 12.1. The van der Waals surface area contributed by atoms with Crippen molar-refractivity contribution in [3.8, 4) is 22.4 Å². The fourth-order valence-electron chi connectivity index (χ4n) is 2.83. The maximum absolute atomic E-state index is 13.5. The number of aromatic nitrogens is 1. The van der Waals surface area contributed by atoms with Crippen LogP contribution in [0.4, 0.5) is 16.0 Å². The molecule has 0 radical (unpaired) electrons. The van der Waals surface area contributed by atoms with E-state index in [2.05, 4.69) is 4.98 Å². The summed E-state index contributed by atoms with van der Waals surface area (Å²) in [6, 6.07) is 14.0. The van der Waals surface area contributed by atoms with E-state index in [1.165, 1.54) is 12.1 Å². The van der Waals surface area contributed by atoms with Crippen LogP contribution in [0, 0.1) is 5.82 Å². The van der Waals surface area contributed by atoms with Gasteiger partial charge in [-0.2, -0.15) is 0 Å². The van der Waals surface area contributed by atoms with Gasteiger partial charge < -0.3 is 15.9 Å². The molecule has 0 fully saturated rings. The second kappa shape index (κ2) is 5.79. The molecule has 0 bridgehead atoms. The molecule has 0 aliphatic rings. The van der Waals surface area contributed by atoms with Crippen molar-refractivity contribution < 1.29 is 8.81 Å². The van der Waals surface area contributed by atoms with Crippen LogP contribution in [0.25, 0.3) is 33.4 Å². The van der Waals surface area contributed by atoms with Crippen LogP contribution < -0.4 is 11.5 Å². The first-order valence-electron chi connectivity index (χ1n) is 7.53. The fraction of sp³-hybridized carbons (Fsp3) is 0. The Labute approximate surface area is 147 Å². The molecule has 0 unspecified atom stereocenters. The highest BCUT2D eigenvalue weighted by atomic mass is 35.5. The monoisotopic (exact) mass is 353 g/mol. The van der Waals surface area contributed by atoms with E-state index in [4.69, 9.17) is 27.5 Å². The first-order valence-corrected chi connectivity index (χ1v) is 7.91. The number of nitrogens with zero attached hydrogens (tertiary/aromatic N) is 1. The van der Waals surface area contributed by atoms with Gasteiger partial charge in [0.2, 0.25) is 5.88 Å². The number of anilines is 2. The van der Waals surface area contributed by atoms with Gasteiger partial charge in [0, 0.05) is 17.3 Å². The number of fused-ring (bicyclic) bond motifs is 1. The lowest BCUT2D eigenvalue weighted by molar-refractivity contribution is 0.628. The summed E-state index contributed by atoms with van der Waals surface area (Å²) in [4.78, 5) is 4.52. The fourth-order valence-corrected chi connectivity index (χ4v) is 3.01. The van der Waals surface area contributed by atoms with E-state index in [-0.39, 0.29) is 10.9 Å². The van der Waals surface area contributed by atoms with Gasteiger partial charge in [-0.25, -0.2) is 4.39 Å². The molecule has 0 amide bonds. The molecule has 0 atom stereocenters. The van der Waals surface area contributed by atoms with Crippen molar-refractivity contribution in [1.29, 1.82) is 0 Å². The van der Waals surface area contributed by atoms with E-state index >= 15 is 0 Å². The van der Waals surface area contributed by atoms with Crippen molar-refractivity contribution in [1.82, 2.24) is 4.98 Å². The van der Waals surface area contributed by atoms with E-state index in [9.17, 15) is 4.39 Å². The minimum Gasteiger partial charge on any atom is -0.436 e. The zero-order valence-electron chi connectivity index (χ0n) is 13.0. The van der Waals surface area contributed by atoms with Crippen LogP contribution in [-0.4, -0.2) is 4.98 Å². The first kappa shape index (κ1) is 15.5. The Morgan fingerprint density at radius 2 is 1.76 bits per heavy atom. The molecule has 4 nitrogen and oxygen atoms in total. The molecule has 6 heteroatoms. The van der Waals surface area contributed by atoms with Crippen molar-refractivity contribution in [3.05, 3.63) is 65.6 Å². The van der Waals surface area contributed by atoms with Crippen LogP contribution in [0.15, 0.2) is 59.1 Å². The molecule has 2 heterocycles. The second-order valence-electron chi connectivity index (χ2n) is 5.60. The minimum atomic E-state index is -0.491. The zero-order chi connectivity index (χ0) is 17.6. The standard InChI is InChI=1S/C19H13ClFN3O/c20-13-8-11(6-7-14(13)21)12-9-24-17(10-4-2-1-3-5-10)18-15(12)16(22)19(23)25-18/h1-9H,22-23H2. The SMILES string of the molecule is Nc1oc2c(-c3ccccc3)ncc(-c3ccc(F)c(Cl)c3)c2c1N. The molecule has 0 aliphatic carbocycles. The Balaban J connectivity index is 2.03. The summed E-state index contributed by atoms with van der Waals surface area (Å²) in [6.07, 6.45) is 1.67. The highest BCUT2D eigenvalue weighted by Gasteiger charge is 2.20. The Hall–Kier alpha value is -3.05. The molecule has 2 aromatic heterocycles. The van der Waals surface area contributed by atoms with Gasteiger partial charge in [0.05, 0.1) is 10.4 Å². The van der Waals surface area contributed by atoms with Crippen molar-refractivity contribution in [2.45, 2.75) is 0 Å². The van der Waals surface area contributed by atoms with E-state index in [0.29, 0.717) is 33.5 Å². The number of nitrogens with two attached hydrogens (primary N) is 2. The molecular weight excluding hydrogens is 341 g/mol. The lowest BCUT2D eigenvalue weighted by Crippen LogP contribution is -1.92. The van der Waals surface area contributed by atoms with Crippen LogP contribution in [0.3, 0.4) is 0 Å². The van der Waals surface area contributed by atoms with Crippen LogP contribution in [-0.2, 0) is 0 Å². The van der Waals surface area contributed by atoms with E-state index in [1.54, 1.807) is 12.3 Å². The number of furan rings is 1. The lowest BCUT2D eigenvalue weighted by Gasteiger charge is -2.08. The molecule has 4 aromatic rings. The number of pyridine rings is 1. The Bertz CT molecular complexity index is 1090. The summed E-state index contributed by atoms with van der Waals surface area (Å²) < 4.78 is 19.2. The van der Waals surface area contributed by atoms with Gasteiger partial charge in [-0.15, -0.1) is 0 Å². The third-order valence-corrected chi connectivity index (χ3v) is 4.35. The third-order valence-electron chi connectivity index (χ3n) is 4.06. The maximum atomic E-state index is 13.5. The Morgan fingerprint density at radius 1 is 1.00 bits per heavy atom. The third kappa shape index (κ3) is 2.49. The number of hydrogen-bond donors (Lipinski definition) is 2. The van der Waals surface area contributed by atoms with Gasteiger partial charge in [0.15, 0.2) is 5.58 Å². The summed E-state index contributed by atoms with van der Waals surface area (Å²) in [6.45, 7) is 0. The summed E-state index contributed by atoms with van der Waals surface area (Å²) in [5.41, 5.74) is 15.7. The zero-order valence-corrected chi connectivity index (χ0v) is 13.7. The molecule has 0 saturated heterocycles. The summed E-state index contributed by atoms with van der Waals surface area (Å²) in [7, 11) is 0. The summed E-state index contributed by atoms with van der Waals surface area (Å²) in [5.74, 6) is -0.371. The molecule has 0 spiro atoms. The smallest absolute Gasteiger partial charge is 0.215 e. The van der Waals surface area contributed by atoms with Crippen LogP contribution >= 0.6 is 11.6 Å². The largest absolute Gasteiger partial charge is 0.436 e. The quantitative estimate of drug-likeness (QED) is 0.524. The maximum Gasteiger partial charge on any atom is 0.215 e. The molecular formula is C19H13ClFN3O. The predicted molar refractivity (Wildman–Crippen MR) is 98.7 cm³/mol. The van der Waals surface area contributed by atoms with Crippen LogP contribution in [0.5, 0.6) is 0 Å². The Kier molecular flexibility index (Phi) is 3.58. The van der Waals surface area contributed by atoms with E-state index < -0.39 is 5.82 Å². The predicted octanol–water partition coefficient (Wildman–Crippen LogP) is 5.12. The van der Waals surface area contributed by atoms with Crippen molar-refractivity contribution in [2.75, 3.05) is 11.5 Å². The molecule has 4 N–H and O–H groups in total. The highest BCUT2D eigenvalue weighted by Crippen LogP contribution is 2.42. The number of rotatable bonds is 2. The number of halogens is 2. The highest BCUT2D eigenvalue weighted by molar-refractivity contribution is 6.31. The summed E-state index contributed by atoms with van der Waals surface area (Å²) in [5, 5.41) is 0.654. The van der Waals surface area contributed by atoms with Crippen LogP contribution in [0.1, 0.15) is 0 Å². The Morgan fingerprint density at radius 3 is 2.48 bits per heavy atom. The van der Waals surface area contributed by atoms with Crippen LogP contribution in [0.2, 0.25) is 5.02 Å². The average Bonchev–Trinajstić information content (AvgIpc) is 2.93. The topological polar surface area (TPSA) is 78.1 Å².